The average molecular weight is 372 g/mol. The van der Waals surface area contributed by atoms with Gasteiger partial charge in [-0.1, -0.05) is 12.1 Å². The zero-order chi connectivity index (χ0) is 19.1. The van der Waals surface area contributed by atoms with Crippen molar-refractivity contribution in [3.8, 4) is 0 Å². The van der Waals surface area contributed by atoms with E-state index in [9.17, 15) is 0 Å². The second-order valence-corrected chi connectivity index (χ2v) is 7.45. The van der Waals surface area contributed by atoms with Crippen molar-refractivity contribution in [1.29, 1.82) is 0 Å². The van der Waals surface area contributed by atoms with Gasteiger partial charge in [0, 0.05) is 39.9 Å². The second kappa shape index (κ2) is 9.22. The van der Waals surface area contributed by atoms with Crippen LogP contribution >= 0.6 is 0 Å². The summed E-state index contributed by atoms with van der Waals surface area (Å²) in [5, 5.41) is 6.94. The van der Waals surface area contributed by atoms with Crippen LogP contribution in [0.25, 0.3) is 11.0 Å². The quantitative estimate of drug-likeness (QED) is 0.383. The number of nitrogens with one attached hydrogen (secondary N) is 2. The highest BCUT2D eigenvalue weighted by Gasteiger charge is 2.41. The van der Waals surface area contributed by atoms with Gasteiger partial charge in [0.2, 0.25) is 0 Å². The van der Waals surface area contributed by atoms with E-state index in [1.54, 1.807) is 0 Å². The largest absolute Gasteiger partial charge is 0.382 e. The van der Waals surface area contributed by atoms with Gasteiger partial charge < -0.3 is 19.9 Å². The van der Waals surface area contributed by atoms with Crippen LogP contribution in [0.2, 0.25) is 0 Å². The van der Waals surface area contributed by atoms with E-state index in [1.807, 2.05) is 13.1 Å². The molecule has 1 saturated carbocycles. The molecule has 1 fully saturated rings. The van der Waals surface area contributed by atoms with E-state index in [0.29, 0.717) is 5.41 Å². The number of hydrogen-bond donors (Lipinski definition) is 2. The Hall–Kier alpha value is -2.08. The first-order valence-electron chi connectivity index (χ1n) is 10.1. The summed E-state index contributed by atoms with van der Waals surface area (Å²) in [6, 6.07) is 8.32. The monoisotopic (exact) mass is 371 g/mol. The van der Waals surface area contributed by atoms with Gasteiger partial charge in [0.1, 0.15) is 5.82 Å². The molecule has 2 aromatic rings. The molecule has 0 spiro atoms. The summed E-state index contributed by atoms with van der Waals surface area (Å²) < 4.78 is 7.81. The smallest absolute Gasteiger partial charge is 0.190 e. The Morgan fingerprint density at radius 3 is 2.85 bits per heavy atom. The fraction of sp³-hybridized carbons (Fsp3) is 0.619. The van der Waals surface area contributed by atoms with Gasteiger partial charge in [-0.15, -0.1) is 0 Å². The molecule has 1 aromatic carbocycles. The molecular formula is C21H33N5O. The number of aromatic nitrogens is 2. The molecule has 0 atom stereocenters. The maximum absolute atomic E-state index is 5.52. The van der Waals surface area contributed by atoms with E-state index in [4.69, 9.17) is 4.74 Å². The second-order valence-electron chi connectivity index (χ2n) is 7.45. The van der Waals surface area contributed by atoms with Crippen molar-refractivity contribution in [3.05, 3.63) is 30.1 Å². The number of aliphatic imine (C=N–C) groups is 1. The van der Waals surface area contributed by atoms with Crippen LogP contribution in [-0.2, 0) is 11.3 Å². The highest BCUT2D eigenvalue weighted by Crippen LogP contribution is 2.48. The summed E-state index contributed by atoms with van der Waals surface area (Å²) in [6.07, 6.45) is 4.74. The Bertz CT molecular complexity index is 763. The van der Waals surface area contributed by atoms with E-state index in [2.05, 4.69) is 57.2 Å². The first-order chi connectivity index (χ1) is 13.2. The summed E-state index contributed by atoms with van der Waals surface area (Å²) >= 11 is 0. The van der Waals surface area contributed by atoms with E-state index in [0.717, 1.165) is 63.0 Å². The Morgan fingerprint density at radius 1 is 1.30 bits per heavy atom. The van der Waals surface area contributed by atoms with Crippen LogP contribution in [0.4, 0.5) is 0 Å². The first-order valence-corrected chi connectivity index (χ1v) is 10.1. The third kappa shape index (κ3) is 5.22. The highest BCUT2D eigenvalue weighted by molar-refractivity contribution is 5.79. The maximum Gasteiger partial charge on any atom is 0.190 e. The van der Waals surface area contributed by atoms with Gasteiger partial charge in [0.05, 0.1) is 11.0 Å². The van der Waals surface area contributed by atoms with Gasteiger partial charge in [0.25, 0.3) is 0 Å². The minimum atomic E-state index is 0.416. The number of fused-ring (bicyclic) bond motifs is 1. The molecule has 27 heavy (non-hydrogen) atoms. The van der Waals surface area contributed by atoms with Crippen molar-refractivity contribution >= 4 is 17.0 Å². The standard InChI is InChI=1S/C21H33N5O/c1-4-27-15-12-21(10-11-21)16-24-20(22-3)23-13-7-14-26-17(2)25-18-8-5-6-9-19(18)26/h5-6,8-9H,4,7,10-16H2,1-3H3,(H2,22,23,24). The van der Waals surface area contributed by atoms with E-state index < -0.39 is 0 Å². The molecule has 6 nitrogen and oxygen atoms in total. The number of guanidine groups is 1. The van der Waals surface area contributed by atoms with Gasteiger partial charge in [-0.2, -0.15) is 0 Å². The SMILES string of the molecule is CCOCCC1(CNC(=NC)NCCCn2c(C)nc3ccccc32)CC1. The zero-order valence-corrected chi connectivity index (χ0v) is 16.9. The third-order valence-corrected chi connectivity index (χ3v) is 5.49. The lowest BCUT2D eigenvalue weighted by Crippen LogP contribution is -2.41. The van der Waals surface area contributed by atoms with E-state index >= 15 is 0 Å². The summed E-state index contributed by atoms with van der Waals surface area (Å²) in [4.78, 5) is 8.99. The Morgan fingerprint density at radius 2 is 2.11 bits per heavy atom. The van der Waals surface area contributed by atoms with Gasteiger partial charge >= 0.3 is 0 Å². The molecule has 0 bridgehead atoms. The fourth-order valence-corrected chi connectivity index (χ4v) is 3.54. The van der Waals surface area contributed by atoms with Gasteiger partial charge in [-0.3, -0.25) is 4.99 Å². The topological polar surface area (TPSA) is 63.5 Å². The number of nitrogens with zero attached hydrogens (tertiary/aromatic N) is 3. The number of aryl methyl sites for hydroxylation is 2. The highest BCUT2D eigenvalue weighted by atomic mass is 16.5. The minimum Gasteiger partial charge on any atom is -0.382 e. The van der Waals surface area contributed by atoms with Crippen LogP contribution in [0, 0.1) is 12.3 Å². The van der Waals surface area contributed by atoms with Gasteiger partial charge in [-0.05, 0) is 57.1 Å². The molecule has 0 unspecified atom stereocenters. The van der Waals surface area contributed by atoms with Crippen LogP contribution in [0.15, 0.2) is 29.3 Å². The fourth-order valence-electron chi connectivity index (χ4n) is 3.54. The molecule has 3 rings (SSSR count). The lowest BCUT2D eigenvalue weighted by Gasteiger charge is -2.18. The van der Waals surface area contributed by atoms with Crippen molar-refractivity contribution < 1.29 is 4.74 Å². The minimum absolute atomic E-state index is 0.416. The lowest BCUT2D eigenvalue weighted by atomic mass is 10.0. The van der Waals surface area contributed by atoms with Crippen molar-refractivity contribution in [1.82, 2.24) is 20.2 Å². The van der Waals surface area contributed by atoms with Crippen LogP contribution in [0.3, 0.4) is 0 Å². The molecule has 1 aliphatic carbocycles. The number of ether oxygens (including phenoxy) is 1. The van der Waals surface area contributed by atoms with Crippen LogP contribution in [0.5, 0.6) is 0 Å². The van der Waals surface area contributed by atoms with Gasteiger partial charge in [-0.25, -0.2) is 4.98 Å². The Labute approximate surface area is 162 Å². The number of hydrogen-bond acceptors (Lipinski definition) is 3. The predicted molar refractivity (Wildman–Crippen MR) is 111 cm³/mol. The molecule has 1 aromatic heterocycles. The number of imidazole rings is 1. The molecular weight excluding hydrogens is 338 g/mol. The molecule has 1 heterocycles. The molecule has 0 saturated heterocycles. The summed E-state index contributed by atoms with van der Waals surface area (Å²) in [6.45, 7) is 8.61. The Kier molecular flexibility index (Phi) is 6.72. The molecule has 1 aliphatic rings. The van der Waals surface area contributed by atoms with Crippen molar-refractivity contribution in [3.63, 3.8) is 0 Å². The maximum atomic E-state index is 5.52. The molecule has 2 N–H and O–H groups in total. The van der Waals surface area contributed by atoms with E-state index in [1.165, 1.54) is 18.4 Å². The van der Waals surface area contributed by atoms with Crippen LogP contribution < -0.4 is 10.6 Å². The molecule has 0 radical (unpaired) electrons. The zero-order valence-electron chi connectivity index (χ0n) is 16.9. The summed E-state index contributed by atoms with van der Waals surface area (Å²) in [7, 11) is 1.84. The summed E-state index contributed by atoms with van der Waals surface area (Å²) in [5.41, 5.74) is 2.70. The molecule has 0 amide bonds. The van der Waals surface area contributed by atoms with Crippen molar-refractivity contribution in [2.24, 2.45) is 10.4 Å². The van der Waals surface area contributed by atoms with Crippen LogP contribution in [-0.4, -0.2) is 48.9 Å². The van der Waals surface area contributed by atoms with Crippen molar-refractivity contribution in [2.45, 2.75) is 46.1 Å². The molecule has 0 aliphatic heterocycles. The van der Waals surface area contributed by atoms with Crippen LogP contribution in [0.1, 0.15) is 38.4 Å². The number of para-hydroxylation sites is 2. The molecule has 148 valence electrons. The van der Waals surface area contributed by atoms with E-state index in [-0.39, 0.29) is 0 Å². The van der Waals surface area contributed by atoms with Crippen molar-refractivity contribution in [2.75, 3.05) is 33.4 Å². The normalized spacial score (nSPS) is 15.9. The third-order valence-electron chi connectivity index (χ3n) is 5.49. The van der Waals surface area contributed by atoms with Gasteiger partial charge in [0.15, 0.2) is 5.96 Å². The summed E-state index contributed by atoms with van der Waals surface area (Å²) in [5.74, 6) is 1.97. The average Bonchev–Trinajstić information content (AvgIpc) is 3.37. The number of rotatable bonds is 10. The first kappa shape index (κ1) is 19.7. The lowest BCUT2D eigenvalue weighted by molar-refractivity contribution is 0.128. The predicted octanol–water partition coefficient (Wildman–Crippen LogP) is 3.11. The Balaban J connectivity index is 1.40. The number of benzene rings is 1. The molecule has 6 heteroatoms.